The lowest BCUT2D eigenvalue weighted by Crippen LogP contribution is -1.93. The first-order valence-corrected chi connectivity index (χ1v) is 15.7. The first kappa shape index (κ1) is 24.1. The highest BCUT2D eigenvalue weighted by Crippen LogP contribution is 2.45. The third kappa shape index (κ3) is 3.03. The maximum Gasteiger partial charge on any atom is 0.165 e. The molecule has 212 valence electrons. The maximum atomic E-state index is 5.27. The van der Waals surface area contributed by atoms with Gasteiger partial charge in [-0.3, -0.25) is 4.40 Å². The molecule has 0 saturated carbocycles. The van der Waals surface area contributed by atoms with Crippen LogP contribution < -0.4 is 0 Å². The van der Waals surface area contributed by atoms with E-state index in [0.29, 0.717) is 0 Å². The molecule has 46 heavy (non-hydrogen) atoms. The monoisotopic (exact) mass is 584 g/mol. The third-order valence-corrected chi connectivity index (χ3v) is 9.82. The fourth-order valence-electron chi connectivity index (χ4n) is 7.89. The minimum atomic E-state index is 0.903. The van der Waals surface area contributed by atoms with Crippen LogP contribution in [0.5, 0.6) is 0 Å². The molecule has 0 atom stereocenters. The van der Waals surface area contributed by atoms with E-state index in [1.54, 1.807) is 0 Å². The number of hydrogen-bond donors (Lipinski definition) is 0. The third-order valence-electron chi connectivity index (χ3n) is 9.82. The van der Waals surface area contributed by atoms with Gasteiger partial charge in [0.05, 0.1) is 33.1 Å². The fraction of sp³-hybridized carbons (Fsp3) is 0. The summed E-state index contributed by atoms with van der Waals surface area (Å²) in [4.78, 5) is 10.5. The molecule has 0 spiro atoms. The molecule has 4 heteroatoms. The number of nitrogens with zero attached hydrogens (tertiary/aromatic N) is 4. The Labute approximate surface area is 262 Å². The molecule has 4 heterocycles. The number of benzene rings is 7. The molecule has 0 bridgehead atoms. The molecule has 0 radical (unpaired) electrons. The highest BCUT2D eigenvalue weighted by Gasteiger charge is 2.23. The summed E-state index contributed by atoms with van der Waals surface area (Å²) in [6.45, 7) is 0. The van der Waals surface area contributed by atoms with E-state index < -0.39 is 0 Å². The minimum Gasteiger partial charge on any atom is -0.309 e. The van der Waals surface area contributed by atoms with Crippen LogP contribution >= 0.6 is 0 Å². The topological polar surface area (TPSA) is 35.1 Å². The average molecular weight is 585 g/mol. The normalized spacial score (nSPS) is 12.3. The summed E-state index contributed by atoms with van der Waals surface area (Å²) in [5, 5.41) is 8.64. The summed E-state index contributed by atoms with van der Waals surface area (Å²) in [5.74, 6) is 0. The summed E-state index contributed by atoms with van der Waals surface area (Å²) in [6, 6.07) is 52.3. The molecule has 0 aliphatic heterocycles. The van der Waals surface area contributed by atoms with E-state index in [9.17, 15) is 0 Å². The molecule has 0 unspecified atom stereocenters. The molecule has 0 aliphatic carbocycles. The van der Waals surface area contributed by atoms with Gasteiger partial charge in [-0.15, -0.1) is 0 Å². The van der Waals surface area contributed by atoms with E-state index in [4.69, 9.17) is 9.97 Å². The van der Waals surface area contributed by atoms with Crippen molar-refractivity contribution in [1.82, 2.24) is 18.9 Å². The zero-order valence-electron chi connectivity index (χ0n) is 24.6. The van der Waals surface area contributed by atoms with Crippen LogP contribution in [0.25, 0.3) is 98.8 Å². The lowest BCUT2D eigenvalue weighted by atomic mass is 9.96. The van der Waals surface area contributed by atoms with Gasteiger partial charge in [-0.25, -0.2) is 9.97 Å². The molecule has 11 aromatic rings. The van der Waals surface area contributed by atoms with E-state index in [0.717, 1.165) is 38.8 Å². The van der Waals surface area contributed by atoms with Gasteiger partial charge in [0, 0.05) is 32.6 Å². The van der Waals surface area contributed by atoms with Gasteiger partial charge in [0.1, 0.15) is 5.52 Å². The fourth-order valence-corrected chi connectivity index (χ4v) is 7.89. The van der Waals surface area contributed by atoms with E-state index in [1.807, 2.05) is 12.1 Å². The Kier molecular flexibility index (Phi) is 4.55. The van der Waals surface area contributed by atoms with Crippen LogP contribution in [0.15, 0.2) is 146 Å². The van der Waals surface area contributed by atoms with Crippen LogP contribution in [-0.4, -0.2) is 18.9 Å². The molecule has 11 rings (SSSR count). The van der Waals surface area contributed by atoms with Gasteiger partial charge >= 0.3 is 0 Å². The zero-order chi connectivity index (χ0) is 29.9. The first-order valence-electron chi connectivity index (χ1n) is 15.7. The summed E-state index contributed by atoms with van der Waals surface area (Å²) in [6.07, 6.45) is 0. The molecular weight excluding hydrogens is 560 g/mol. The quantitative estimate of drug-likeness (QED) is 0.203. The van der Waals surface area contributed by atoms with Crippen molar-refractivity contribution in [2.24, 2.45) is 0 Å². The second-order valence-electron chi connectivity index (χ2n) is 12.2. The van der Waals surface area contributed by atoms with E-state index in [1.165, 1.54) is 60.0 Å². The standard InChI is InChI=1S/C42H24N4/c1-2-11-27(12-3-1)45-36-22-19-26(24-32(36)38-28-13-5-4-10-25(28)18-23-37(38)45)29-20-21-31-30-14-6-9-17-35(30)46-41(31)39(29)40-42(46)44-34-16-8-7-15-33(34)43-40/h1-24H. The van der Waals surface area contributed by atoms with Gasteiger partial charge in [-0.1, -0.05) is 97.1 Å². The predicted octanol–water partition coefficient (Wildman–Crippen LogP) is 10.7. The van der Waals surface area contributed by atoms with Crippen LogP contribution in [0.4, 0.5) is 0 Å². The zero-order valence-corrected chi connectivity index (χ0v) is 24.6. The van der Waals surface area contributed by atoms with Gasteiger partial charge in [0.15, 0.2) is 5.65 Å². The van der Waals surface area contributed by atoms with Crippen molar-refractivity contribution in [3.63, 3.8) is 0 Å². The minimum absolute atomic E-state index is 0.903. The largest absolute Gasteiger partial charge is 0.309 e. The second kappa shape index (κ2) is 8.68. The van der Waals surface area contributed by atoms with Gasteiger partial charge in [-0.2, -0.15) is 0 Å². The van der Waals surface area contributed by atoms with Gasteiger partial charge < -0.3 is 4.57 Å². The van der Waals surface area contributed by atoms with Crippen molar-refractivity contribution in [3.05, 3.63) is 146 Å². The van der Waals surface area contributed by atoms with Crippen molar-refractivity contribution in [2.45, 2.75) is 0 Å². The van der Waals surface area contributed by atoms with Crippen molar-refractivity contribution in [1.29, 1.82) is 0 Å². The number of aromatic nitrogens is 4. The average Bonchev–Trinajstić information content (AvgIpc) is 3.75. The van der Waals surface area contributed by atoms with Crippen molar-refractivity contribution in [2.75, 3.05) is 0 Å². The van der Waals surface area contributed by atoms with Crippen molar-refractivity contribution < 1.29 is 0 Å². The Morgan fingerprint density at radius 1 is 0.457 bits per heavy atom. The van der Waals surface area contributed by atoms with Gasteiger partial charge in [-0.05, 0) is 70.4 Å². The van der Waals surface area contributed by atoms with Crippen LogP contribution in [-0.2, 0) is 0 Å². The Morgan fingerprint density at radius 2 is 1.20 bits per heavy atom. The first-order chi connectivity index (χ1) is 22.8. The van der Waals surface area contributed by atoms with Gasteiger partial charge in [0.2, 0.25) is 0 Å². The van der Waals surface area contributed by atoms with Crippen LogP contribution in [0.3, 0.4) is 0 Å². The summed E-state index contributed by atoms with van der Waals surface area (Å²) >= 11 is 0. The van der Waals surface area contributed by atoms with E-state index in [-0.39, 0.29) is 0 Å². The molecule has 4 aromatic heterocycles. The molecule has 0 N–H and O–H groups in total. The Hall–Kier alpha value is -6.26. The molecule has 7 aromatic carbocycles. The molecule has 0 amide bonds. The molecular formula is C42H24N4. The highest BCUT2D eigenvalue weighted by atomic mass is 15.0. The van der Waals surface area contributed by atoms with Crippen LogP contribution in [0, 0.1) is 0 Å². The lowest BCUT2D eigenvalue weighted by Gasteiger charge is -2.09. The number of rotatable bonds is 2. The Morgan fingerprint density at radius 3 is 2.09 bits per heavy atom. The summed E-state index contributed by atoms with van der Waals surface area (Å²) in [7, 11) is 0. The smallest absolute Gasteiger partial charge is 0.165 e. The highest BCUT2D eigenvalue weighted by molar-refractivity contribution is 6.27. The Bertz CT molecular complexity index is 3020. The molecule has 0 saturated heterocycles. The number of fused-ring (bicyclic) bond motifs is 12. The summed E-state index contributed by atoms with van der Waals surface area (Å²) < 4.78 is 4.72. The Balaban J connectivity index is 1.30. The molecule has 0 aliphatic rings. The van der Waals surface area contributed by atoms with Crippen LogP contribution in [0.1, 0.15) is 0 Å². The molecule has 4 nitrogen and oxygen atoms in total. The number of para-hydroxylation sites is 4. The molecule has 0 fully saturated rings. The van der Waals surface area contributed by atoms with Crippen molar-refractivity contribution >= 4 is 82.0 Å². The SMILES string of the molecule is c1ccc(-n2c3ccc(-c4ccc5c6ccccc6n6c7nc8ccccc8nc7c4c56)cc3c3c4ccccc4ccc32)cc1. The van der Waals surface area contributed by atoms with Crippen LogP contribution in [0.2, 0.25) is 0 Å². The predicted molar refractivity (Wildman–Crippen MR) is 191 cm³/mol. The second-order valence-corrected chi connectivity index (χ2v) is 12.2. The van der Waals surface area contributed by atoms with Gasteiger partial charge in [0.25, 0.3) is 0 Å². The van der Waals surface area contributed by atoms with E-state index >= 15 is 0 Å². The lowest BCUT2D eigenvalue weighted by molar-refractivity contribution is 1.18. The maximum absolute atomic E-state index is 5.27. The summed E-state index contributed by atoms with van der Waals surface area (Å²) in [5.41, 5.74) is 11.9. The van der Waals surface area contributed by atoms with Crippen molar-refractivity contribution in [3.8, 4) is 16.8 Å². The van der Waals surface area contributed by atoms with E-state index in [2.05, 4.69) is 142 Å². The number of hydrogen-bond acceptors (Lipinski definition) is 2.